The van der Waals surface area contributed by atoms with Crippen molar-refractivity contribution in [1.29, 1.82) is 0 Å². The predicted octanol–water partition coefficient (Wildman–Crippen LogP) is 5.39. The first-order chi connectivity index (χ1) is 12.1. The molecule has 0 aliphatic rings. The molecular formula is C20H23NO4. The van der Waals surface area contributed by atoms with Gasteiger partial charge >= 0.3 is 5.97 Å². The molecule has 0 bridgehead atoms. The summed E-state index contributed by atoms with van der Waals surface area (Å²) >= 11 is 0. The number of unbranched alkanes of at least 4 members (excludes halogenated alkanes) is 4. The molecule has 0 aliphatic heterocycles. The quantitative estimate of drug-likeness (QED) is 0.265. The van der Waals surface area contributed by atoms with E-state index in [-0.39, 0.29) is 11.3 Å². The van der Waals surface area contributed by atoms with Gasteiger partial charge in [-0.15, -0.1) is 0 Å². The summed E-state index contributed by atoms with van der Waals surface area (Å²) in [4.78, 5) is 23.0. The maximum Gasteiger partial charge on any atom is 0.338 e. The molecule has 0 fully saturated rings. The topological polar surface area (TPSA) is 69.4 Å². The number of benzene rings is 2. The number of carbonyl (C=O) groups is 1. The smallest absolute Gasteiger partial charge is 0.338 e. The lowest BCUT2D eigenvalue weighted by molar-refractivity contribution is -0.384. The SMILES string of the molecule is CCCCCCCOC(=O)c1ccc(-c2ccccc2)c([N+](=O)[O-])c1. The van der Waals surface area contributed by atoms with Gasteiger partial charge in [0.05, 0.1) is 22.7 Å². The first-order valence-corrected chi connectivity index (χ1v) is 8.64. The van der Waals surface area contributed by atoms with Crippen LogP contribution in [0.25, 0.3) is 11.1 Å². The van der Waals surface area contributed by atoms with Gasteiger partial charge in [-0.3, -0.25) is 10.1 Å². The fourth-order valence-electron chi connectivity index (χ4n) is 2.63. The number of nitrogens with zero attached hydrogens (tertiary/aromatic N) is 1. The first-order valence-electron chi connectivity index (χ1n) is 8.64. The maximum absolute atomic E-state index is 12.1. The van der Waals surface area contributed by atoms with E-state index in [0.29, 0.717) is 12.2 Å². The lowest BCUT2D eigenvalue weighted by Gasteiger charge is -2.07. The molecule has 0 amide bonds. The molecule has 132 valence electrons. The lowest BCUT2D eigenvalue weighted by atomic mass is 10.0. The predicted molar refractivity (Wildman–Crippen MR) is 97.6 cm³/mol. The molecule has 0 saturated heterocycles. The van der Waals surface area contributed by atoms with Gasteiger partial charge in [0.25, 0.3) is 5.69 Å². The number of rotatable bonds is 9. The van der Waals surface area contributed by atoms with E-state index in [1.54, 1.807) is 24.3 Å². The summed E-state index contributed by atoms with van der Waals surface area (Å²) in [5.74, 6) is -0.516. The average molecular weight is 341 g/mol. The lowest BCUT2D eigenvalue weighted by Crippen LogP contribution is -2.07. The number of hydrogen-bond donors (Lipinski definition) is 0. The number of hydrogen-bond acceptors (Lipinski definition) is 4. The molecule has 0 aliphatic carbocycles. The highest BCUT2D eigenvalue weighted by Gasteiger charge is 2.19. The molecule has 0 spiro atoms. The minimum atomic E-state index is -0.516. The molecule has 0 N–H and O–H groups in total. The summed E-state index contributed by atoms with van der Waals surface area (Å²) in [5.41, 5.74) is 1.34. The van der Waals surface area contributed by atoms with E-state index in [2.05, 4.69) is 6.92 Å². The Labute approximate surface area is 147 Å². The summed E-state index contributed by atoms with van der Waals surface area (Å²) in [5, 5.41) is 11.4. The maximum atomic E-state index is 12.1. The van der Waals surface area contributed by atoms with Gasteiger partial charge < -0.3 is 4.74 Å². The molecule has 2 aromatic rings. The normalized spacial score (nSPS) is 10.4. The van der Waals surface area contributed by atoms with Crippen molar-refractivity contribution in [2.45, 2.75) is 39.0 Å². The molecule has 0 saturated carbocycles. The second-order valence-corrected chi connectivity index (χ2v) is 5.91. The first kappa shape index (κ1) is 18.6. The van der Waals surface area contributed by atoms with Gasteiger partial charge in [0.2, 0.25) is 0 Å². The van der Waals surface area contributed by atoms with Gasteiger partial charge in [-0.05, 0) is 24.1 Å². The van der Waals surface area contributed by atoms with E-state index in [1.165, 1.54) is 12.5 Å². The molecule has 2 aromatic carbocycles. The number of nitro benzene ring substituents is 1. The van der Waals surface area contributed by atoms with Crippen molar-refractivity contribution in [1.82, 2.24) is 0 Å². The molecule has 0 atom stereocenters. The fraction of sp³-hybridized carbons (Fsp3) is 0.350. The average Bonchev–Trinajstić information content (AvgIpc) is 2.64. The van der Waals surface area contributed by atoms with Crippen LogP contribution in [0.2, 0.25) is 0 Å². The minimum absolute atomic E-state index is 0.0939. The molecule has 0 radical (unpaired) electrons. The zero-order chi connectivity index (χ0) is 18.1. The van der Waals surface area contributed by atoms with Crippen molar-refractivity contribution in [2.75, 3.05) is 6.61 Å². The Morgan fingerprint density at radius 1 is 1.04 bits per heavy atom. The van der Waals surface area contributed by atoms with Crippen molar-refractivity contribution in [3.8, 4) is 11.1 Å². The third kappa shape index (κ3) is 5.41. The second-order valence-electron chi connectivity index (χ2n) is 5.91. The molecule has 0 aromatic heterocycles. The third-order valence-electron chi connectivity index (χ3n) is 4.00. The fourth-order valence-corrected chi connectivity index (χ4v) is 2.63. The van der Waals surface area contributed by atoms with Gasteiger partial charge in [0.15, 0.2) is 0 Å². The van der Waals surface area contributed by atoms with Crippen LogP contribution in [-0.2, 0) is 4.74 Å². The van der Waals surface area contributed by atoms with Crippen LogP contribution in [0, 0.1) is 10.1 Å². The van der Waals surface area contributed by atoms with Gasteiger partial charge in [0, 0.05) is 6.07 Å². The molecule has 5 heteroatoms. The summed E-state index contributed by atoms with van der Waals surface area (Å²) in [7, 11) is 0. The Bertz CT molecular complexity index is 713. The van der Waals surface area contributed by atoms with Crippen LogP contribution in [0.1, 0.15) is 49.4 Å². The van der Waals surface area contributed by atoms with Crippen molar-refractivity contribution < 1.29 is 14.5 Å². The van der Waals surface area contributed by atoms with Crippen LogP contribution in [0.3, 0.4) is 0 Å². The van der Waals surface area contributed by atoms with Crippen molar-refractivity contribution in [2.24, 2.45) is 0 Å². The Morgan fingerprint density at radius 3 is 2.44 bits per heavy atom. The Morgan fingerprint density at radius 2 is 1.76 bits per heavy atom. The van der Waals surface area contributed by atoms with E-state index in [4.69, 9.17) is 4.74 Å². The van der Waals surface area contributed by atoms with Gasteiger partial charge in [-0.2, -0.15) is 0 Å². The van der Waals surface area contributed by atoms with Crippen LogP contribution >= 0.6 is 0 Å². The van der Waals surface area contributed by atoms with Gasteiger partial charge in [0.1, 0.15) is 0 Å². The van der Waals surface area contributed by atoms with E-state index in [9.17, 15) is 14.9 Å². The van der Waals surface area contributed by atoms with E-state index < -0.39 is 10.9 Å². The molecule has 5 nitrogen and oxygen atoms in total. The van der Waals surface area contributed by atoms with E-state index in [0.717, 1.165) is 31.2 Å². The van der Waals surface area contributed by atoms with E-state index in [1.807, 2.05) is 18.2 Å². The number of carbonyl (C=O) groups excluding carboxylic acids is 1. The molecule has 0 heterocycles. The standard InChI is InChI=1S/C20H23NO4/c1-2-3-4-5-9-14-25-20(22)17-12-13-18(19(15-17)21(23)24)16-10-7-6-8-11-16/h6-8,10-13,15H,2-5,9,14H2,1H3. The van der Waals surface area contributed by atoms with Crippen LogP contribution in [0.4, 0.5) is 5.69 Å². The molecule has 25 heavy (non-hydrogen) atoms. The Kier molecular flexibility index (Phi) is 7.14. The zero-order valence-corrected chi connectivity index (χ0v) is 14.4. The van der Waals surface area contributed by atoms with Crippen LogP contribution in [-0.4, -0.2) is 17.5 Å². The van der Waals surface area contributed by atoms with Crippen LogP contribution in [0.5, 0.6) is 0 Å². The number of esters is 1. The van der Waals surface area contributed by atoms with Crippen LogP contribution < -0.4 is 0 Å². The largest absolute Gasteiger partial charge is 0.462 e. The highest BCUT2D eigenvalue weighted by molar-refractivity contribution is 5.92. The zero-order valence-electron chi connectivity index (χ0n) is 14.4. The summed E-state index contributed by atoms with van der Waals surface area (Å²) in [6, 6.07) is 13.6. The Balaban J connectivity index is 2.06. The van der Waals surface area contributed by atoms with E-state index >= 15 is 0 Å². The summed E-state index contributed by atoms with van der Waals surface area (Å²) < 4.78 is 5.23. The number of nitro groups is 1. The molecular weight excluding hydrogens is 318 g/mol. The van der Waals surface area contributed by atoms with Crippen molar-refractivity contribution >= 4 is 11.7 Å². The highest BCUT2D eigenvalue weighted by atomic mass is 16.6. The molecule has 2 rings (SSSR count). The summed E-state index contributed by atoms with van der Waals surface area (Å²) in [6.45, 7) is 2.49. The highest BCUT2D eigenvalue weighted by Crippen LogP contribution is 2.30. The van der Waals surface area contributed by atoms with Crippen LogP contribution in [0.15, 0.2) is 48.5 Å². The second kappa shape index (κ2) is 9.57. The summed E-state index contributed by atoms with van der Waals surface area (Å²) in [6.07, 6.45) is 5.31. The molecule has 0 unspecified atom stereocenters. The Hall–Kier alpha value is -2.69. The monoisotopic (exact) mass is 341 g/mol. The van der Waals surface area contributed by atoms with Crippen molar-refractivity contribution in [3.63, 3.8) is 0 Å². The van der Waals surface area contributed by atoms with Gasteiger partial charge in [-0.25, -0.2) is 4.79 Å². The van der Waals surface area contributed by atoms with Gasteiger partial charge in [-0.1, -0.05) is 62.9 Å². The minimum Gasteiger partial charge on any atom is -0.462 e. The van der Waals surface area contributed by atoms with Crippen molar-refractivity contribution in [3.05, 3.63) is 64.2 Å². The number of ether oxygens (including phenoxy) is 1. The third-order valence-corrected chi connectivity index (χ3v) is 4.00.